The molecule has 15 N–H and O–H groups in total. The number of amides is 1. The zero-order chi connectivity index (χ0) is 31.1. The third kappa shape index (κ3) is 6.92. The van der Waals surface area contributed by atoms with Crippen molar-refractivity contribution in [2.45, 2.75) is 6.42 Å². The van der Waals surface area contributed by atoms with Crippen LogP contribution in [0.2, 0.25) is 0 Å². The number of guanidine groups is 3. The number of nitrogens with one attached hydrogen (secondary N) is 3. The summed E-state index contributed by atoms with van der Waals surface area (Å²) in [6.07, 6.45) is 0.527. The fraction of sp³-hybridized carbons (Fsp3) is 0.259. The monoisotopic (exact) mass is 606 g/mol. The number of hydrogen-bond acceptors (Lipinski definition) is 9. The van der Waals surface area contributed by atoms with Crippen molar-refractivity contribution < 1.29 is 14.4 Å². The predicted octanol–water partition coefficient (Wildman–Crippen LogP) is -0.559. The van der Waals surface area contributed by atoms with Crippen LogP contribution in [0.25, 0.3) is 10.1 Å². The summed E-state index contributed by atoms with van der Waals surface area (Å²) in [6, 6.07) is 8.33. The molecule has 0 unspecified atom stereocenters. The molecule has 1 aliphatic rings. The van der Waals surface area contributed by atoms with Crippen LogP contribution in [0.3, 0.4) is 0 Å². The van der Waals surface area contributed by atoms with E-state index >= 15 is 0 Å². The Balaban J connectivity index is 1.84. The standard InChI is InChI=1S/C27H34N12O3S/c28-25(29)37-7-3-6-36-24(42)16-12-15-19(34-8-10-38-26(30)31)17-18(20(23(15)43-16)35-9-11-39-27(32)33)22(41)14-5-2-1-4-13(14)21(17)40/h1-2,4-5,12,34-35H,3,6-11H2,(H,36,42)(H4,28,29,37)(H4,30,31,38)(H4,32,33,39). The number of thiophene rings is 1. The summed E-state index contributed by atoms with van der Waals surface area (Å²) < 4.78 is 0.596. The molecule has 0 spiro atoms. The first-order valence-electron chi connectivity index (χ1n) is 13.3. The van der Waals surface area contributed by atoms with Crippen molar-refractivity contribution in [3.8, 4) is 0 Å². The minimum absolute atomic E-state index is 0.0224. The maximum Gasteiger partial charge on any atom is 0.261 e. The molecule has 0 atom stereocenters. The van der Waals surface area contributed by atoms with Gasteiger partial charge in [0.1, 0.15) is 0 Å². The lowest BCUT2D eigenvalue weighted by Crippen LogP contribution is -2.26. The lowest BCUT2D eigenvalue weighted by atomic mass is 9.81. The van der Waals surface area contributed by atoms with Gasteiger partial charge in [0.25, 0.3) is 5.91 Å². The molecule has 16 heteroatoms. The molecule has 0 radical (unpaired) electrons. The van der Waals surface area contributed by atoms with Gasteiger partial charge in [0.05, 0.1) is 45.2 Å². The summed E-state index contributed by atoms with van der Waals surface area (Å²) in [5.74, 6) is -1.18. The van der Waals surface area contributed by atoms with Gasteiger partial charge < -0.3 is 50.4 Å². The summed E-state index contributed by atoms with van der Waals surface area (Å²) in [5.41, 5.74) is 34.4. The minimum atomic E-state index is -0.333. The Kier molecular flexibility index (Phi) is 9.61. The second kappa shape index (κ2) is 13.5. The molecule has 1 aromatic heterocycles. The first-order chi connectivity index (χ1) is 20.6. The Bertz CT molecular complexity index is 1550. The number of carbonyl (C=O) groups excluding carboxylic acids is 3. The Labute approximate surface area is 250 Å². The van der Waals surface area contributed by atoms with E-state index in [0.29, 0.717) is 45.8 Å². The first kappa shape index (κ1) is 30.6. The van der Waals surface area contributed by atoms with Crippen LogP contribution in [0.1, 0.15) is 47.9 Å². The number of carbonyl (C=O) groups is 3. The largest absolute Gasteiger partial charge is 0.382 e. The van der Waals surface area contributed by atoms with Gasteiger partial charge in [-0.15, -0.1) is 11.3 Å². The van der Waals surface area contributed by atoms with Crippen LogP contribution in [-0.4, -0.2) is 74.6 Å². The van der Waals surface area contributed by atoms with E-state index in [9.17, 15) is 14.4 Å². The van der Waals surface area contributed by atoms with E-state index in [0.717, 1.165) is 0 Å². The SMILES string of the molecule is NC(N)=NCCCNC(=O)c1cc2c(NCCN=C(N)N)c3c(c(NCCN=C(N)N)c2s1)C(=O)c1ccccc1C3=O. The number of benzene rings is 2. The molecule has 3 aromatic rings. The molecule has 0 aliphatic heterocycles. The van der Waals surface area contributed by atoms with Crippen molar-refractivity contribution in [2.75, 3.05) is 49.9 Å². The lowest BCUT2D eigenvalue weighted by molar-refractivity contribution is 0.0956. The predicted molar refractivity (Wildman–Crippen MR) is 171 cm³/mol. The van der Waals surface area contributed by atoms with E-state index in [-0.39, 0.29) is 83.8 Å². The van der Waals surface area contributed by atoms with Gasteiger partial charge in [-0.2, -0.15) is 0 Å². The number of rotatable bonds is 13. The van der Waals surface area contributed by atoms with Crippen molar-refractivity contribution >= 4 is 68.2 Å². The fourth-order valence-corrected chi connectivity index (χ4v) is 5.74. The average Bonchev–Trinajstić information content (AvgIpc) is 3.41. The van der Waals surface area contributed by atoms with Crippen LogP contribution in [0.4, 0.5) is 11.4 Å². The van der Waals surface area contributed by atoms with E-state index in [1.807, 2.05) is 0 Å². The molecular weight excluding hydrogens is 572 g/mol. The average molecular weight is 607 g/mol. The van der Waals surface area contributed by atoms with Crippen LogP contribution in [0.5, 0.6) is 0 Å². The molecule has 0 bridgehead atoms. The summed E-state index contributed by atoms with van der Waals surface area (Å²) in [6.45, 7) is 1.62. The molecule has 0 saturated heterocycles. The van der Waals surface area contributed by atoms with Crippen molar-refractivity contribution in [3.05, 3.63) is 57.5 Å². The minimum Gasteiger partial charge on any atom is -0.382 e. The van der Waals surface area contributed by atoms with Crippen molar-refractivity contribution in [1.29, 1.82) is 0 Å². The fourth-order valence-electron chi connectivity index (χ4n) is 4.64. The first-order valence-corrected chi connectivity index (χ1v) is 14.2. The third-order valence-corrected chi connectivity index (χ3v) is 7.55. The van der Waals surface area contributed by atoms with Crippen LogP contribution in [-0.2, 0) is 0 Å². The molecule has 226 valence electrons. The Morgan fingerprint density at radius 3 is 1.79 bits per heavy atom. The van der Waals surface area contributed by atoms with Crippen molar-refractivity contribution in [2.24, 2.45) is 49.4 Å². The highest BCUT2D eigenvalue weighted by Crippen LogP contribution is 2.46. The van der Waals surface area contributed by atoms with Crippen LogP contribution < -0.4 is 50.4 Å². The summed E-state index contributed by atoms with van der Waals surface area (Å²) in [5, 5.41) is 9.93. The lowest BCUT2D eigenvalue weighted by Gasteiger charge is -2.25. The van der Waals surface area contributed by atoms with Gasteiger partial charge in [-0.25, -0.2) is 0 Å². The van der Waals surface area contributed by atoms with Gasteiger partial charge in [-0.1, -0.05) is 24.3 Å². The second-order valence-electron chi connectivity index (χ2n) is 9.44. The molecule has 1 heterocycles. The molecule has 2 aromatic carbocycles. The summed E-state index contributed by atoms with van der Waals surface area (Å²) in [4.78, 5) is 53.4. The van der Waals surface area contributed by atoms with Crippen molar-refractivity contribution in [1.82, 2.24) is 5.32 Å². The maximum absolute atomic E-state index is 14.0. The van der Waals surface area contributed by atoms with Crippen LogP contribution in [0.15, 0.2) is 45.3 Å². The summed E-state index contributed by atoms with van der Waals surface area (Å²) in [7, 11) is 0. The summed E-state index contributed by atoms with van der Waals surface area (Å²) >= 11 is 1.18. The van der Waals surface area contributed by atoms with Gasteiger partial charge in [0.15, 0.2) is 29.4 Å². The quantitative estimate of drug-likeness (QED) is 0.0402. The zero-order valence-electron chi connectivity index (χ0n) is 23.3. The highest BCUT2D eigenvalue weighted by molar-refractivity contribution is 7.21. The van der Waals surface area contributed by atoms with E-state index in [2.05, 4.69) is 30.9 Å². The smallest absolute Gasteiger partial charge is 0.261 e. The second-order valence-corrected chi connectivity index (χ2v) is 10.5. The molecule has 1 amide bonds. The third-order valence-electron chi connectivity index (χ3n) is 6.40. The zero-order valence-corrected chi connectivity index (χ0v) is 24.1. The van der Waals surface area contributed by atoms with Crippen LogP contribution in [0, 0.1) is 0 Å². The normalized spacial score (nSPS) is 11.7. The van der Waals surface area contributed by atoms with Gasteiger partial charge in [0, 0.05) is 42.7 Å². The number of hydrogen-bond donors (Lipinski definition) is 9. The van der Waals surface area contributed by atoms with E-state index in [1.54, 1.807) is 30.3 Å². The van der Waals surface area contributed by atoms with E-state index in [4.69, 9.17) is 34.4 Å². The Morgan fingerprint density at radius 2 is 1.23 bits per heavy atom. The number of anilines is 2. The van der Waals surface area contributed by atoms with Gasteiger partial charge >= 0.3 is 0 Å². The van der Waals surface area contributed by atoms with Gasteiger partial charge in [-0.3, -0.25) is 29.4 Å². The molecule has 1 aliphatic carbocycles. The van der Waals surface area contributed by atoms with E-state index < -0.39 is 0 Å². The molecule has 15 nitrogen and oxygen atoms in total. The van der Waals surface area contributed by atoms with E-state index in [1.165, 1.54) is 11.3 Å². The molecular formula is C27H34N12O3S. The Hall–Kier alpha value is -5.38. The van der Waals surface area contributed by atoms with Gasteiger partial charge in [-0.05, 0) is 12.5 Å². The molecule has 43 heavy (non-hydrogen) atoms. The number of nitrogens with two attached hydrogens (primary N) is 6. The van der Waals surface area contributed by atoms with Crippen molar-refractivity contribution in [3.63, 3.8) is 0 Å². The topological polar surface area (TPSA) is 280 Å². The molecule has 4 rings (SSSR count). The number of ketones is 2. The maximum atomic E-state index is 14.0. The van der Waals surface area contributed by atoms with Crippen LogP contribution >= 0.6 is 11.3 Å². The number of aliphatic imine (C=N–C) groups is 3. The molecule has 0 fully saturated rings. The molecule has 0 saturated carbocycles. The number of nitrogens with zero attached hydrogens (tertiary/aromatic N) is 3. The highest BCUT2D eigenvalue weighted by atomic mass is 32.1. The Morgan fingerprint density at radius 1 is 0.721 bits per heavy atom. The highest BCUT2D eigenvalue weighted by Gasteiger charge is 2.36. The van der Waals surface area contributed by atoms with Gasteiger partial charge in [0.2, 0.25) is 0 Å². The number of fused-ring (bicyclic) bond motifs is 3.